The Morgan fingerprint density at radius 1 is 1.04 bits per heavy atom. The van der Waals surface area contributed by atoms with Crippen molar-refractivity contribution in [2.45, 2.75) is 32.0 Å². The summed E-state index contributed by atoms with van der Waals surface area (Å²) in [5.74, 6) is 2.77. The van der Waals surface area contributed by atoms with Crippen molar-refractivity contribution in [2.75, 3.05) is 26.7 Å². The summed E-state index contributed by atoms with van der Waals surface area (Å²) in [6.45, 7) is 4.64. The molecule has 1 unspecified atom stereocenters. The van der Waals surface area contributed by atoms with Crippen LogP contribution in [0.3, 0.4) is 0 Å². The first kappa shape index (κ1) is 19.1. The van der Waals surface area contributed by atoms with Crippen LogP contribution in [0.25, 0.3) is 0 Å². The fourth-order valence-corrected chi connectivity index (χ4v) is 3.22. The van der Waals surface area contributed by atoms with Crippen molar-refractivity contribution < 1.29 is 9.47 Å². The summed E-state index contributed by atoms with van der Waals surface area (Å²) in [6, 6.07) is 20.0. The number of nitrogens with zero attached hydrogens (tertiary/aromatic N) is 2. The second-order valence-electron chi connectivity index (χ2n) is 6.79. The Balaban J connectivity index is 1.42. The van der Waals surface area contributed by atoms with Crippen LogP contribution in [0.2, 0.25) is 0 Å². The summed E-state index contributed by atoms with van der Waals surface area (Å²) < 4.78 is 12.0. The third kappa shape index (κ3) is 5.91. The highest BCUT2D eigenvalue weighted by molar-refractivity contribution is 5.80. The number of piperidine rings is 1. The first-order valence-electron chi connectivity index (χ1n) is 9.63. The molecule has 2 aromatic carbocycles. The van der Waals surface area contributed by atoms with Gasteiger partial charge < -0.3 is 19.7 Å². The van der Waals surface area contributed by atoms with E-state index in [1.54, 1.807) is 0 Å². The zero-order valence-electron chi connectivity index (χ0n) is 16.2. The molecule has 5 heteroatoms. The Bertz CT molecular complexity index is 698. The number of para-hydroxylation sites is 2. The molecular formula is C22H29N3O2. The van der Waals surface area contributed by atoms with Crippen molar-refractivity contribution in [3.8, 4) is 11.5 Å². The molecule has 0 radical (unpaired) electrons. The first-order chi connectivity index (χ1) is 13.2. The minimum absolute atomic E-state index is 0.0584. The largest absolute Gasteiger partial charge is 0.490 e. The third-order valence-electron chi connectivity index (χ3n) is 4.63. The van der Waals surface area contributed by atoms with Crippen molar-refractivity contribution in [3.63, 3.8) is 0 Å². The summed E-state index contributed by atoms with van der Waals surface area (Å²) in [6.07, 6.45) is 2.31. The minimum atomic E-state index is 0.0584. The molecule has 0 spiro atoms. The smallest absolute Gasteiger partial charge is 0.193 e. The molecule has 1 fully saturated rings. The van der Waals surface area contributed by atoms with E-state index < -0.39 is 0 Å². The number of guanidine groups is 1. The van der Waals surface area contributed by atoms with Crippen LogP contribution in [-0.4, -0.2) is 49.7 Å². The van der Waals surface area contributed by atoms with E-state index in [0.717, 1.165) is 43.4 Å². The van der Waals surface area contributed by atoms with Gasteiger partial charge in [0.25, 0.3) is 0 Å². The molecule has 0 saturated carbocycles. The van der Waals surface area contributed by atoms with E-state index in [0.29, 0.717) is 6.54 Å². The molecule has 1 aliphatic rings. The molecule has 0 amide bonds. The fourth-order valence-electron chi connectivity index (χ4n) is 3.22. The molecule has 0 aromatic heterocycles. The van der Waals surface area contributed by atoms with Crippen LogP contribution in [0, 0.1) is 0 Å². The zero-order valence-corrected chi connectivity index (χ0v) is 16.2. The van der Waals surface area contributed by atoms with Gasteiger partial charge in [0.1, 0.15) is 23.7 Å². The highest BCUT2D eigenvalue weighted by atomic mass is 16.5. The van der Waals surface area contributed by atoms with Crippen LogP contribution >= 0.6 is 0 Å². The van der Waals surface area contributed by atoms with E-state index in [1.165, 1.54) is 0 Å². The quantitative estimate of drug-likeness (QED) is 0.626. The van der Waals surface area contributed by atoms with Gasteiger partial charge in [-0.1, -0.05) is 36.4 Å². The SMILES string of the molecule is CN=C(NCC(C)Oc1ccccc1)N1CCC(Oc2ccccc2)CC1. The van der Waals surface area contributed by atoms with Crippen LogP contribution < -0.4 is 14.8 Å². The maximum atomic E-state index is 6.07. The van der Waals surface area contributed by atoms with Crippen molar-refractivity contribution >= 4 is 5.96 Å². The summed E-state index contributed by atoms with van der Waals surface area (Å²) in [4.78, 5) is 6.73. The average Bonchev–Trinajstić information content (AvgIpc) is 2.71. The van der Waals surface area contributed by atoms with Gasteiger partial charge in [-0.2, -0.15) is 0 Å². The Morgan fingerprint density at radius 2 is 1.63 bits per heavy atom. The normalized spacial score (nSPS) is 16.7. The van der Waals surface area contributed by atoms with Crippen LogP contribution in [0.1, 0.15) is 19.8 Å². The van der Waals surface area contributed by atoms with Crippen molar-refractivity contribution in [1.29, 1.82) is 0 Å². The number of ether oxygens (including phenoxy) is 2. The van der Waals surface area contributed by atoms with Crippen LogP contribution in [0.5, 0.6) is 11.5 Å². The van der Waals surface area contributed by atoms with Gasteiger partial charge in [-0.05, 0) is 31.2 Å². The molecule has 1 N–H and O–H groups in total. The van der Waals surface area contributed by atoms with Crippen molar-refractivity contribution in [2.24, 2.45) is 4.99 Å². The molecule has 1 heterocycles. The summed E-state index contributed by atoms with van der Waals surface area (Å²) in [7, 11) is 1.83. The molecule has 1 atom stereocenters. The van der Waals surface area contributed by atoms with Gasteiger partial charge >= 0.3 is 0 Å². The van der Waals surface area contributed by atoms with E-state index >= 15 is 0 Å². The molecular weight excluding hydrogens is 338 g/mol. The Labute approximate surface area is 162 Å². The fraction of sp³-hybridized carbons (Fsp3) is 0.409. The Kier molecular flexibility index (Phi) is 6.97. The standard InChI is InChI=1S/C22H29N3O2/c1-18(26-19-9-5-3-6-10-19)17-24-22(23-2)25-15-13-21(14-16-25)27-20-11-7-4-8-12-20/h3-12,18,21H,13-17H2,1-2H3,(H,23,24). The number of nitrogens with one attached hydrogen (secondary N) is 1. The maximum Gasteiger partial charge on any atom is 0.193 e. The Hall–Kier alpha value is -2.69. The third-order valence-corrected chi connectivity index (χ3v) is 4.63. The first-order valence-corrected chi connectivity index (χ1v) is 9.63. The lowest BCUT2D eigenvalue weighted by atomic mass is 10.1. The van der Waals surface area contributed by atoms with Crippen LogP contribution in [-0.2, 0) is 0 Å². The van der Waals surface area contributed by atoms with E-state index in [2.05, 4.69) is 22.1 Å². The number of aliphatic imine (C=N–C) groups is 1. The lowest BCUT2D eigenvalue weighted by molar-refractivity contribution is 0.129. The summed E-state index contributed by atoms with van der Waals surface area (Å²) in [5, 5.41) is 3.43. The predicted molar refractivity (Wildman–Crippen MR) is 110 cm³/mol. The highest BCUT2D eigenvalue weighted by Gasteiger charge is 2.23. The van der Waals surface area contributed by atoms with E-state index in [-0.39, 0.29) is 12.2 Å². The predicted octanol–water partition coefficient (Wildman–Crippen LogP) is 3.57. The second-order valence-corrected chi connectivity index (χ2v) is 6.79. The van der Waals surface area contributed by atoms with Gasteiger partial charge in [0.15, 0.2) is 5.96 Å². The number of hydrogen-bond acceptors (Lipinski definition) is 3. The summed E-state index contributed by atoms with van der Waals surface area (Å²) >= 11 is 0. The molecule has 0 bridgehead atoms. The molecule has 5 nitrogen and oxygen atoms in total. The maximum absolute atomic E-state index is 6.07. The lowest BCUT2D eigenvalue weighted by Gasteiger charge is -2.34. The van der Waals surface area contributed by atoms with Crippen LogP contribution in [0.4, 0.5) is 0 Å². The van der Waals surface area contributed by atoms with Gasteiger partial charge in [0, 0.05) is 33.0 Å². The van der Waals surface area contributed by atoms with E-state index in [4.69, 9.17) is 9.47 Å². The number of benzene rings is 2. The van der Waals surface area contributed by atoms with Gasteiger partial charge in [-0.3, -0.25) is 4.99 Å². The van der Waals surface area contributed by atoms with E-state index in [1.807, 2.05) is 67.7 Å². The monoisotopic (exact) mass is 367 g/mol. The average molecular weight is 367 g/mol. The number of rotatable bonds is 6. The molecule has 2 aromatic rings. The van der Waals surface area contributed by atoms with Gasteiger partial charge in [0.2, 0.25) is 0 Å². The van der Waals surface area contributed by atoms with Crippen molar-refractivity contribution in [3.05, 3.63) is 60.7 Å². The molecule has 144 valence electrons. The molecule has 1 saturated heterocycles. The molecule has 1 aliphatic heterocycles. The molecule has 0 aliphatic carbocycles. The molecule has 27 heavy (non-hydrogen) atoms. The highest BCUT2D eigenvalue weighted by Crippen LogP contribution is 2.18. The van der Waals surface area contributed by atoms with Crippen LogP contribution in [0.15, 0.2) is 65.7 Å². The number of likely N-dealkylation sites (tertiary alicyclic amines) is 1. The number of hydrogen-bond donors (Lipinski definition) is 1. The zero-order chi connectivity index (χ0) is 18.9. The molecule has 3 rings (SSSR count). The van der Waals surface area contributed by atoms with Gasteiger partial charge in [-0.25, -0.2) is 0 Å². The second kappa shape index (κ2) is 9.86. The summed E-state index contributed by atoms with van der Waals surface area (Å²) in [5.41, 5.74) is 0. The van der Waals surface area contributed by atoms with E-state index in [9.17, 15) is 0 Å². The lowest BCUT2D eigenvalue weighted by Crippen LogP contribution is -2.49. The Morgan fingerprint density at radius 3 is 2.22 bits per heavy atom. The van der Waals surface area contributed by atoms with Gasteiger partial charge in [-0.15, -0.1) is 0 Å². The topological polar surface area (TPSA) is 46.1 Å². The van der Waals surface area contributed by atoms with Gasteiger partial charge in [0.05, 0.1) is 6.54 Å². The minimum Gasteiger partial charge on any atom is -0.490 e. The van der Waals surface area contributed by atoms with Crippen molar-refractivity contribution in [1.82, 2.24) is 10.2 Å².